The second-order valence-corrected chi connectivity index (χ2v) is 12.7. The number of carbonyl (C=O) groups excluding carboxylic acids is 3. The number of fused-ring (bicyclic) bond motifs is 2. The zero-order valence-electron chi connectivity index (χ0n) is 26.1. The first-order valence-electron chi connectivity index (χ1n) is 15.7. The second kappa shape index (κ2) is 12.3. The van der Waals surface area contributed by atoms with E-state index in [1.165, 1.54) is 4.90 Å². The van der Waals surface area contributed by atoms with Crippen molar-refractivity contribution in [2.24, 2.45) is 17.8 Å². The van der Waals surface area contributed by atoms with Crippen molar-refractivity contribution < 1.29 is 29.0 Å². The van der Waals surface area contributed by atoms with E-state index in [2.05, 4.69) is 0 Å². The summed E-state index contributed by atoms with van der Waals surface area (Å²) in [6.45, 7) is 8.46. The van der Waals surface area contributed by atoms with Gasteiger partial charge in [-0.05, 0) is 55.7 Å². The highest BCUT2D eigenvalue weighted by atomic mass is 35.5. The number of nitrogens with zero attached hydrogens (tertiary/aromatic N) is 3. The van der Waals surface area contributed by atoms with E-state index in [1.54, 1.807) is 15.9 Å². The Morgan fingerprint density at radius 2 is 1.76 bits per heavy atom. The molecule has 3 amide bonds. The van der Waals surface area contributed by atoms with Gasteiger partial charge in [0, 0.05) is 18.8 Å². The molecule has 2 aromatic carbocycles. The van der Waals surface area contributed by atoms with Gasteiger partial charge in [0.1, 0.15) is 17.4 Å². The molecule has 0 bridgehead atoms. The molecule has 0 aromatic heterocycles. The van der Waals surface area contributed by atoms with Crippen LogP contribution in [0.3, 0.4) is 0 Å². The van der Waals surface area contributed by atoms with E-state index >= 15 is 0 Å². The maximum atomic E-state index is 14.8. The molecule has 2 aromatic rings. The van der Waals surface area contributed by atoms with E-state index in [9.17, 15) is 19.5 Å². The van der Waals surface area contributed by atoms with Crippen LogP contribution in [-0.2, 0) is 19.1 Å². The number of anilines is 2. The minimum absolute atomic E-state index is 0.119. The number of rotatable bonds is 8. The molecule has 0 aliphatic carbocycles. The maximum absolute atomic E-state index is 14.8. The van der Waals surface area contributed by atoms with E-state index in [-0.39, 0.29) is 36.8 Å². The van der Waals surface area contributed by atoms with Gasteiger partial charge < -0.3 is 29.3 Å². The molecule has 4 heterocycles. The molecule has 1 N–H and O–H groups in total. The van der Waals surface area contributed by atoms with Gasteiger partial charge in [0.15, 0.2) is 0 Å². The smallest absolute Gasteiger partial charge is 0.253 e. The van der Waals surface area contributed by atoms with Crippen molar-refractivity contribution in [3.8, 4) is 5.75 Å². The molecule has 7 atom stereocenters. The Balaban J connectivity index is 1.46. The third-order valence-electron chi connectivity index (χ3n) is 9.86. The van der Waals surface area contributed by atoms with Gasteiger partial charge in [-0.15, -0.1) is 0 Å². The van der Waals surface area contributed by atoms with Crippen LogP contribution in [-0.4, -0.2) is 77.8 Å². The number of hydrogen-bond acceptors (Lipinski definition) is 6. The number of amides is 3. The lowest BCUT2D eigenvalue weighted by molar-refractivity contribution is -0.145. The number of benzene rings is 2. The van der Waals surface area contributed by atoms with Crippen LogP contribution in [0, 0.1) is 24.7 Å². The predicted octanol–water partition coefficient (Wildman–Crippen LogP) is 4.54. The number of carbonyl (C=O) groups is 3. The van der Waals surface area contributed by atoms with Crippen LogP contribution in [0.15, 0.2) is 66.8 Å². The quantitative estimate of drug-likeness (QED) is 0.429. The first-order valence-corrected chi connectivity index (χ1v) is 16.1. The summed E-state index contributed by atoms with van der Waals surface area (Å²) >= 11 is 6.66. The Labute approximate surface area is 269 Å². The number of hydrogen-bond donors (Lipinski definition) is 1. The lowest BCUT2D eigenvalue weighted by atomic mass is 9.77. The molecule has 1 unspecified atom stereocenters. The number of likely N-dealkylation sites (tertiary alicyclic amines) is 1. The summed E-state index contributed by atoms with van der Waals surface area (Å²) < 4.78 is 12.4. The summed E-state index contributed by atoms with van der Waals surface area (Å²) in [5.74, 6) is -2.24. The van der Waals surface area contributed by atoms with E-state index in [0.29, 0.717) is 41.7 Å². The van der Waals surface area contributed by atoms with E-state index in [4.69, 9.17) is 21.1 Å². The van der Waals surface area contributed by atoms with Crippen molar-refractivity contribution in [2.75, 3.05) is 36.1 Å². The van der Waals surface area contributed by atoms with Gasteiger partial charge in [0.05, 0.1) is 47.9 Å². The zero-order chi connectivity index (χ0) is 32.0. The van der Waals surface area contributed by atoms with Crippen molar-refractivity contribution in [2.45, 2.75) is 57.9 Å². The first-order chi connectivity index (χ1) is 21.7. The summed E-state index contributed by atoms with van der Waals surface area (Å²) in [7, 11) is 0. The van der Waals surface area contributed by atoms with E-state index < -0.39 is 35.6 Å². The Morgan fingerprint density at radius 1 is 1.02 bits per heavy atom. The average molecular weight is 634 g/mol. The molecule has 1 spiro atoms. The Kier molecular flexibility index (Phi) is 8.54. The van der Waals surface area contributed by atoms with Gasteiger partial charge in [-0.2, -0.15) is 0 Å². The number of aliphatic hydroxyl groups is 1. The molecule has 45 heavy (non-hydrogen) atoms. The fourth-order valence-electron chi connectivity index (χ4n) is 7.53. The lowest BCUT2D eigenvalue weighted by Gasteiger charge is -2.40. The van der Waals surface area contributed by atoms with Gasteiger partial charge in [-0.3, -0.25) is 14.4 Å². The number of halogens is 1. The van der Waals surface area contributed by atoms with Crippen LogP contribution >= 0.6 is 11.6 Å². The lowest BCUT2D eigenvalue weighted by Crippen LogP contribution is -2.59. The number of aryl methyl sites for hydroxylation is 1. The number of ether oxygens (including phenoxy) is 2. The van der Waals surface area contributed by atoms with Crippen molar-refractivity contribution >= 4 is 40.7 Å². The Hall–Kier alpha value is -3.66. The second-order valence-electron chi connectivity index (χ2n) is 12.3. The molecule has 4 aliphatic heterocycles. The normalized spacial score (nSPS) is 28.8. The summed E-state index contributed by atoms with van der Waals surface area (Å²) in [5, 5.41) is 11.1. The molecule has 238 valence electrons. The molecule has 2 fully saturated rings. The van der Waals surface area contributed by atoms with Crippen molar-refractivity contribution in [3.63, 3.8) is 0 Å². The first kappa shape index (κ1) is 31.3. The highest BCUT2D eigenvalue weighted by Crippen LogP contribution is 2.55. The monoisotopic (exact) mass is 633 g/mol. The highest BCUT2D eigenvalue weighted by Gasteiger charge is 2.73. The van der Waals surface area contributed by atoms with Crippen LogP contribution < -0.4 is 14.5 Å². The topological polar surface area (TPSA) is 99.6 Å². The summed E-state index contributed by atoms with van der Waals surface area (Å²) in [6.07, 6.45) is 7.33. The standard InChI is InChI=1S/C35H40ClN3O6/c1-5-21(3)26(20-40)39-31-34(43)38(30-22(4)10-7-11-25(30)36)19-9-17-35(31)29(33(39)42)28-27(45-35)12-8-18-37(32(28)41)23-13-15-24(16-14-23)44-6-2/h7-17,21,26-29,31,40H,5-6,18-20H2,1-4H3/t21-,26-,27+,28-,29-,31?,35-/m0/s1. The van der Waals surface area contributed by atoms with Crippen LogP contribution in [0.2, 0.25) is 5.02 Å². The van der Waals surface area contributed by atoms with Crippen LogP contribution in [0.5, 0.6) is 5.75 Å². The SMILES string of the molecule is CCOc1ccc(N2CC=C[C@H]3O[C@]45C=CCN(c6c(C)cccc6Cl)C(=O)C4N([C@@H](CO)[C@@H](C)CC)C(=O)[C@@H]5[C@H]3C2=O)cc1. The van der Waals surface area contributed by atoms with Gasteiger partial charge in [-0.1, -0.05) is 68.3 Å². The van der Waals surface area contributed by atoms with Crippen molar-refractivity contribution in [3.05, 3.63) is 77.4 Å². The molecule has 2 saturated heterocycles. The third kappa shape index (κ3) is 4.96. The van der Waals surface area contributed by atoms with Crippen molar-refractivity contribution in [1.29, 1.82) is 0 Å². The molecule has 4 aliphatic rings. The highest BCUT2D eigenvalue weighted by molar-refractivity contribution is 6.34. The third-order valence-corrected chi connectivity index (χ3v) is 10.2. The van der Waals surface area contributed by atoms with Gasteiger partial charge in [0.2, 0.25) is 11.8 Å². The van der Waals surface area contributed by atoms with Gasteiger partial charge in [-0.25, -0.2) is 0 Å². The predicted molar refractivity (Wildman–Crippen MR) is 172 cm³/mol. The molecular weight excluding hydrogens is 594 g/mol. The fourth-order valence-corrected chi connectivity index (χ4v) is 7.86. The fraction of sp³-hybridized carbons (Fsp3) is 0.457. The minimum Gasteiger partial charge on any atom is -0.494 e. The Morgan fingerprint density at radius 3 is 2.42 bits per heavy atom. The molecule has 9 nitrogen and oxygen atoms in total. The maximum Gasteiger partial charge on any atom is 0.253 e. The summed E-state index contributed by atoms with van der Waals surface area (Å²) in [4.78, 5) is 48.9. The van der Waals surface area contributed by atoms with Crippen LogP contribution in [0.1, 0.15) is 32.8 Å². The minimum atomic E-state index is -1.42. The zero-order valence-corrected chi connectivity index (χ0v) is 26.8. The van der Waals surface area contributed by atoms with Gasteiger partial charge >= 0.3 is 0 Å². The number of aliphatic hydroxyl groups excluding tert-OH is 1. The molecule has 0 radical (unpaired) electrons. The number of para-hydroxylation sites is 1. The largest absolute Gasteiger partial charge is 0.494 e. The van der Waals surface area contributed by atoms with E-state index in [0.717, 1.165) is 5.56 Å². The Bertz CT molecular complexity index is 1520. The van der Waals surface area contributed by atoms with Crippen LogP contribution in [0.4, 0.5) is 11.4 Å². The van der Waals surface area contributed by atoms with Crippen molar-refractivity contribution in [1.82, 2.24) is 4.90 Å². The molecule has 10 heteroatoms. The average Bonchev–Trinajstić information content (AvgIpc) is 3.34. The molecular formula is C35H40ClN3O6. The molecule has 6 rings (SSSR count). The van der Waals surface area contributed by atoms with Crippen LogP contribution in [0.25, 0.3) is 0 Å². The molecule has 0 saturated carbocycles. The van der Waals surface area contributed by atoms with E-state index in [1.807, 2.05) is 88.4 Å². The summed E-state index contributed by atoms with van der Waals surface area (Å²) in [5.41, 5.74) is 0.635. The summed E-state index contributed by atoms with van der Waals surface area (Å²) in [6, 6.07) is 11.0. The van der Waals surface area contributed by atoms with Gasteiger partial charge in [0.25, 0.3) is 5.91 Å².